The summed E-state index contributed by atoms with van der Waals surface area (Å²) in [4.78, 5) is 8.31. The number of benzene rings is 1. The quantitative estimate of drug-likeness (QED) is 0.802. The number of imidazole rings is 1. The molecule has 0 amide bonds. The molecule has 94 valence electrons. The number of aromatic nitrogens is 2. The molecular formula is C16H20N2. The Morgan fingerprint density at radius 1 is 1.22 bits per heavy atom. The Morgan fingerprint density at radius 3 is 2.83 bits per heavy atom. The van der Waals surface area contributed by atoms with Gasteiger partial charge in [-0.05, 0) is 31.7 Å². The van der Waals surface area contributed by atoms with Crippen molar-refractivity contribution < 1.29 is 0 Å². The molecule has 1 heterocycles. The van der Waals surface area contributed by atoms with E-state index in [1.807, 2.05) is 0 Å². The van der Waals surface area contributed by atoms with Gasteiger partial charge < -0.3 is 4.98 Å². The van der Waals surface area contributed by atoms with Crippen molar-refractivity contribution in [3.05, 3.63) is 40.8 Å². The summed E-state index contributed by atoms with van der Waals surface area (Å²) in [6.45, 7) is 6.54. The maximum absolute atomic E-state index is 4.78. The molecule has 2 nitrogen and oxygen atoms in total. The van der Waals surface area contributed by atoms with Crippen molar-refractivity contribution in [3.63, 3.8) is 0 Å². The van der Waals surface area contributed by atoms with E-state index >= 15 is 0 Å². The van der Waals surface area contributed by atoms with Crippen LogP contribution in [0.3, 0.4) is 0 Å². The number of aryl methyl sites for hydroxylation is 3. The van der Waals surface area contributed by atoms with E-state index in [2.05, 4.69) is 44.0 Å². The second kappa shape index (κ2) is 4.27. The van der Waals surface area contributed by atoms with Crippen molar-refractivity contribution in [1.29, 1.82) is 0 Å². The molecule has 2 aromatic rings. The Morgan fingerprint density at radius 2 is 2.06 bits per heavy atom. The van der Waals surface area contributed by atoms with Crippen molar-refractivity contribution in [3.8, 4) is 11.3 Å². The van der Waals surface area contributed by atoms with Gasteiger partial charge in [0.2, 0.25) is 0 Å². The minimum Gasteiger partial charge on any atom is -0.342 e. The highest BCUT2D eigenvalue weighted by Crippen LogP contribution is 2.32. The molecule has 0 aliphatic heterocycles. The summed E-state index contributed by atoms with van der Waals surface area (Å²) in [7, 11) is 0. The smallest absolute Gasteiger partial charge is 0.109 e. The molecule has 2 heteroatoms. The second-order valence-corrected chi connectivity index (χ2v) is 5.61. The van der Waals surface area contributed by atoms with Gasteiger partial charge in [0.15, 0.2) is 0 Å². The SMILES string of the molecule is Cc1ccc2c(c1)CCCc1nc(C(C)C)[nH]c1-2. The van der Waals surface area contributed by atoms with Gasteiger partial charge in [0.05, 0.1) is 11.4 Å². The fourth-order valence-electron chi connectivity index (χ4n) is 2.73. The molecule has 1 aliphatic rings. The highest BCUT2D eigenvalue weighted by molar-refractivity contribution is 5.68. The molecule has 3 rings (SSSR count). The van der Waals surface area contributed by atoms with Gasteiger partial charge in [-0.1, -0.05) is 37.6 Å². The third-order valence-electron chi connectivity index (χ3n) is 3.73. The van der Waals surface area contributed by atoms with Gasteiger partial charge in [-0.25, -0.2) is 4.98 Å². The van der Waals surface area contributed by atoms with Gasteiger partial charge in [0.1, 0.15) is 5.82 Å². The predicted octanol–water partition coefficient (Wildman–Crippen LogP) is 4.00. The molecular weight excluding hydrogens is 220 g/mol. The van der Waals surface area contributed by atoms with Crippen LogP contribution in [0.15, 0.2) is 18.2 Å². The molecule has 0 spiro atoms. The molecule has 0 saturated carbocycles. The summed E-state index contributed by atoms with van der Waals surface area (Å²) in [6, 6.07) is 6.77. The molecule has 0 atom stereocenters. The van der Waals surface area contributed by atoms with Crippen LogP contribution in [0.5, 0.6) is 0 Å². The number of rotatable bonds is 1. The molecule has 0 fully saturated rings. The summed E-state index contributed by atoms with van der Waals surface area (Å²) >= 11 is 0. The topological polar surface area (TPSA) is 28.7 Å². The van der Waals surface area contributed by atoms with E-state index in [-0.39, 0.29) is 0 Å². The average molecular weight is 240 g/mol. The fourth-order valence-corrected chi connectivity index (χ4v) is 2.73. The van der Waals surface area contributed by atoms with Gasteiger partial charge in [-0.3, -0.25) is 0 Å². The lowest BCUT2D eigenvalue weighted by Gasteiger charge is -2.07. The second-order valence-electron chi connectivity index (χ2n) is 5.61. The molecule has 18 heavy (non-hydrogen) atoms. The zero-order valence-corrected chi connectivity index (χ0v) is 11.4. The zero-order chi connectivity index (χ0) is 12.7. The number of nitrogens with zero attached hydrogens (tertiary/aromatic N) is 1. The average Bonchev–Trinajstić information content (AvgIpc) is 2.67. The number of H-pyrrole nitrogens is 1. The molecule has 0 saturated heterocycles. The lowest BCUT2D eigenvalue weighted by Crippen LogP contribution is -1.93. The Kier molecular flexibility index (Phi) is 2.73. The van der Waals surface area contributed by atoms with Crippen LogP contribution in [0.2, 0.25) is 0 Å². The first-order chi connectivity index (χ1) is 8.65. The maximum Gasteiger partial charge on any atom is 0.109 e. The van der Waals surface area contributed by atoms with Crippen molar-refractivity contribution in [2.45, 2.75) is 46.0 Å². The summed E-state index contributed by atoms with van der Waals surface area (Å²) in [5.41, 5.74) is 6.67. The first-order valence-corrected chi connectivity index (χ1v) is 6.84. The van der Waals surface area contributed by atoms with E-state index in [0.717, 1.165) is 18.7 Å². The number of hydrogen-bond donors (Lipinski definition) is 1. The third kappa shape index (κ3) is 1.86. The highest BCUT2D eigenvalue weighted by atomic mass is 14.9. The Balaban J connectivity index is 2.17. The van der Waals surface area contributed by atoms with E-state index in [1.165, 1.54) is 34.5 Å². The Hall–Kier alpha value is -1.57. The van der Waals surface area contributed by atoms with E-state index in [9.17, 15) is 0 Å². The van der Waals surface area contributed by atoms with Gasteiger partial charge in [0.25, 0.3) is 0 Å². The number of fused-ring (bicyclic) bond motifs is 3. The monoisotopic (exact) mass is 240 g/mol. The van der Waals surface area contributed by atoms with Crippen molar-refractivity contribution in [2.75, 3.05) is 0 Å². The van der Waals surface area contributed by atoms with Crippen LogP contribution in [0.4, 0.5) is 0 Å². The first kappa shape index (κ1) is 11.5. The van der Waals surface area contributed by atoms with Gasteiger partial charge in [0, 0.05) is 11.5 Å². The molecule has 0 radical (unpaired) electrons. The van der Waals surface area contributed by atoms with Crippen molar-refractivity contribution in [2.24, 2.45) is 0 Å². The van der Waals surface area contributed by atoms with E-state index in [4.69, 9.17) is 4.98 Å². The predicted molar refractivity (Wildman–Crippen MR) is 74.9 cm³/mol. The lowest BCUT2D eigenvalue weighted by molar-refractivity contribution is 0.770. The molecule has 1 aromatic heterocycles. The van der Waals surface area contributed by atoms with Crippen molar-refractivity contribution >= 4 is 0 Å². The Labute approximate surface area is 108 Å². The summed E-state index contributed by atoms with van der Waals surface area (Å²) in [6.07, 6.45) is 3.45. The van der Waals surface area contributed by atoms with Crippen molar-refractivity contribution in [1.82, 2.24) is 9.97 Å². The molecule has 0 bridgehead atoms. The summed E-state index contributed by atoms with van der Waals surface area (Å²) in [5, 5.41) is 0. The molecule has 0 unspecified atom stereocenters. The summed E-state index contributed by atoms with van der Waals surface area (Å²) < 4.78 is 0. The highest BCUT2D eigenvalue weighted by Gasteiger charge is 2.19. The van der Waals surface area contributed by atoms with Crippen LogP contribution in [0.1, 0.15) is 48.8 Å². The standard InChI is InChI=1S/C16H20N2/c1-10(2)16-17-14-6-4-5-12-9-11(3)7-8-13(12)15(14)18-16/h7-10H,4-6H2,1-3H3,(H,17,18). The van der Waals surface area contributed by atoms with Gasteiger partial charge in [-0.15, -0.1) is 0 Å². The maximum atomic E-state index is 4.78. The van der Waals surface area contributed by atoms with Gasteiger partial charge in [-0.2, -0.15) is 0 Å². The Bertz CT molecular complexity index is 579. The van der Waals surface area contributed by atoms with Crippen LogP contribution in [-0.2, 0) is 12.8 Å². The van der Waals surface area contributed by atoms with Crippen LogP contribution < -0.4 is 0 Å². The number of aromatic amines is 1. The largest absolute Gasteiger partial charge is 0.342 e. The van der Waals surface area contributed by atoms with Crippen LogP contribution in [0.25, 0.3) is 11.3 Å². The molecule has 1 N–H and O–H groups in total. The first-order valence-electron chi connectivity index (χ1n) is 6.84. The minimum absolute atomic E-state index is 0.464. The lowest BCUT2D eigenvalue weighted by atomic mass is 10.0. The summed E-state index contributed by atoms with van der Waals surface area (Å²) in [5.74, 6) is 1.58. The number of hydrogen-bond acceptors (Lipinski definition) is 1. The van der Waals surface area contributed by atoms with E-state index in [0.29, 0.717) is 5.92 Å². The van der Waals surface area contributed by atoms with E-state index in [1.54, 1.807) is 0 Å². The van der Waals surface area contributed by atoms with Crippen LogP contribution in [-0.4, -0.2) is 9.97 Å². The normalized spacial score (nSPS) is 14.2. The fraction of sp³-hybridized carbons (Fsp3) is 0.438. The molecule has 1 aliphatic carbocycles. The van der Waals surface area contributed by atoms with E-state index < -0.39 is 0 Å². The molecule has 1 aromatic carbocycles. The van der Waals surface area contributed by atoms with Gasteiger partial charge >= 0.3 is 0 Å². The third-order valence-corrected chi connectivity index (χ3v) is 3.73. The minimum atomic E-state index is 0.464. The zero-order valence-electron chi connectivity index (χ0n) is 11.4. The van der Waals surface area contributed by atoms with Crippen LogP contribution >= 0.6 is 0 Å². The van der Waals surface area contributed by atoms with Crippen LogP contribution in [0, 0.1) is 6.92 Å². The number of nitrogens with one attached hydrogen (secondary N) is 1.